The van der Waals surface area contributed by atoms with Crippen LogP contribution < -0.4 is 11.1 Å². The second-order valence-corrected chi connectivity index (χ2v) is 16.2. The Morgan fingerprint density at radius 1 is 1.10 bits per heavy atom. The van der Waals surface area contributed by atoms with Crippen molar-refractivity contribution in [3.8, 4) is 0 Å². The number of para-hydroxylation sites is 1. The van der Waals surface area contributed by atoms with Crippen LogP contribution in [0.2, 0.25) is 0 Å². The number of fused-ring (bicyclic) bond motifs is 2. The third-order valence-corrected chi connectivity index (χ3v) is 14.2. The number of amides is 2. The molecule has 6 aliphatic rings. The molecule has 14 nitrogen and oxygen atoms in total. The third-order valence-electron chi connectivity index (χ3n) is 14.2. The molecule has 0 radical (unpaired) electrons. The first-order valence-electron chi connectivity index (χ1n) is 18.5. The number of likely N-dealkylation sites (N-methyl/N-ethyl adjacent to an activating group) is 1. The average Bonchev–Trinajstić information content (AvgIpc) is 3.50. The number of esters is 2. The molecule has 286 valence electrons. The maximum absolute atomic E-state index is 14.0. The molecule has 5 saturated carbocycles. The highest BCUT2D eigenvalue weighted by Gasteiger charge is 2.92. The van der Waals surface area contributed by atoms with E-state index in [-0.39, 0.29) is 48.6 Å². The number of rotatable bonds is 12. The number of nitrogens with zero attached hydrogens (tertiary/aromatic N) is 1. The van der Waals surface area contributed by atoms with Crippen LogP contribution in [0.4, 0.5) is 5.69 Å². The molecule has 52 heavy (non-hydrogen) atoms. The van der Waals surface area contributed by atoms with Gasteiger partial charge in [0.1, 0.15) is 17.3 Å². The van der Waals surface area contributed by atoms with Crippen molar-refractivity contribution in [1.29, 1.82) is 0 Å². The number of ether oxygens (including phenoxy) is 5. The molecule has 1 aromatic rings. The van der Waals surface area contributed by atoms with E-state index in [1.54, 1.807) is 52.5 Å². The number of primary amides is 1. The van der Waals surface area contributed by atoms with Crippen molar-refractivity contribution >= 4 is 29.4 Å². The fraction of sp³-hybridized carbons (Fsp3) is 0.737. The summed E-state index contributed by atoms with van der Waals surface area (Å²) in [4.78, 5) is 53.1. The van der Waals surface area contributed by atoms with Crippen molar-refractivity contribution < 1.29 is 53.1 Å². The number of aliphatic hydroxyl groups is 2. The molecule has 0 aromatic heterocycles. The highest BCUT2D eigenvalue weighted by molar-refractivity contribution is 6.02. The molecule has 1 saturated heterocycles. The molecule has 7 bridgehead atoms. The normalized spacial score (nSPS) is 43.0. The lowest BCUT2D eigenvalue weighted by atomic mass is 9.42. The van der Waals surface area contributed by atoms with Crippen LogP contribution in [0, 0.1) is 40.4 Å². The van der Waals surface area contributed by atoms with E-state index in [0.29, 0.717) is 32.4 Å². The maximum atomic E-state index is 14.0. The van der Waals surface area contributed by atoms with Crippen LogP contribution in [0.25, 0.3) is 0 Å². The standard InChI is InChI=1S/C38H53N3O11/c1-7-41-17-35(18-51-33(45)21-10-8-9-11-24(21)40-27(43)14-19(2)32(39)44)13-12-26(49-5)37-23-15-22-25(48-4)16-36(46,28(23)29(22)52-20(3)42)38(47,34(37)41)31(50-6)30(35)37/h8-11,19,22-23,25-26,28-31,34,46-47H,7,12-18H2,1-6H3,(H2,39,44)(H,40,43)/t19-,22-,23-,25+,26+,28-,29+,30-,31+,34+,35+,36-,37+,38-/m1/s1. The van der Waals surface area contributed by atoms with Crippen molar-refractivity contribution in [3.63, 3.8) is 0 Å². The SMILES string of the molecule is CCN1C[C@]2(COC(=O)c3ccccc3NC(=O)C[C@@H](C)C(N)=O)CC[C@H](OC)[C@@]34[C@@H]5C[C@H]6[C@H](OC(C)=O)[C@@H]5[C@](O)(C[C@@H]6OC)[C@@](O)([C@@H](OC)[C@H]23)[C@@H]14. The molecule has 14 heteroatoms. The second kappa shape index (κ2) is 13.0. The summed E-state index contributed by atoms with van der Waals surface area (Å²) in [7, 11) is 4.84. The van der Waals surface area contributed by atoms with Crippen LogP contribution in [-0.2, 0) is 38.1 Å². The Bertz CT molecular complexity index is 1630. The van der Waals surface area contributed by atoms with Gasteiger partial charge in [-0.25, -0.2) is 4.79 Å². The van der Waals surface area contributed by atoms with Crippen molar-refractivity contribution in [3.05, 3.63) is 29.8 Å². The number of benzene rings is 1. The number of nitrogens with one attached hydrogen (secondary N) is 1. The summed E-state index contributed by atoms with van der Waals surface area (Å²) in [5.41, 5.74) is 0.722. The summed E-state index contributed by atoms with van der Waals surface area (Å²) in [6.45, 7) is 5.97. The van der Waals surface area contributed by atoms with Crippen LogP contribution >= 0.6 is 0 Å². The Morgan fingerprint density at radius 3 is 2.46 bits per heavy atom. The summed E-state index contributed by atoms with van der Waals surface area (Å²) in [6, 6.07) is 5.98. The number of carbonyl (C=O) groups excluding carboxylic acids is 4. The molecule has 6 fully saturated rings. The lowest BCUT2D eigenvalue weighted by Gasteiger charge is -2.70. The van der Waals surface area contributed by atoms with Crippen molar-refractivity contribution in [2.24, 2.45) is 46.2 Å². The van der Waals surface area contributed by atoms with Crippen molar-refractivity contribution in [2.75, 3.05) is 46.3 Å². The van der Waals surface area contributed by atoms with Crippen molar-refractivity contribution in [1.82, 2.24) is 4.90 Å². The van der Waals surface area contributed by atoms with E-state index in [9.17, 15) is 29.4 Å². The van der Waals surface area contributed by atoms with Gasteiger partial charge in [-0.15, -0.1) is 0 Å². The van der Waals surface area contributed by atoms with E-state index in [2.05, 4.69) is 10.2 Å². The molecule has 0 unspecified atom stereocenters. The number of methoxy groups -OCH3 is 3. The second-order valence-electron chi connectivity index (χ2n) is 16.2. The van der Waals surface area contributed by atoms with E-state index >= 15 is 0 Å². The Morgan fingerprint density at radius 2 is 1.83 bits per heavy atom. The van der Waals surface area contributed by atoms with Gasteiger partial charge in [0.15, 0.2) is 0 Å². The number of piperidine rings is 1. The summed E-state index contributed by atoms with van der Waals surface area (Å²) >= 11 is 0. The van der Waals surface area contributed by atoms with Gasteiger partial charge in [0.25, 0.3) is 0 Å². The fourth-order valence-corrected chi connectivity index (χ4v) is 12.7. The molecule has 1 spiro atoms. The predicted molar refractivity (Wildman–Crippen MR) is 185 cm³/mol. The number of carbonyl (C=O) groups is 4. The van der Waals surface area contributed by atoms with E-state index in [4.69, 9.17) is 29.4 Å². The lowest BCUT2D eigenvalue weighted by molar-refractivity contribution is -0.319. The third kappa shape index (κ3) is 4.83. The fourth-order valence-electron chi connectivity index (χ4n) is 12.7. The Hall–Kier alpha value is -3.14. The smallest absolute Gasteiger partial charge is 0.340 e. The number of likely N-dealkylation sites (tertiary alicyclic amines) is 1. The van der Waals surface area contributed by atoms with Gasteiger partial charge in [0, 0.05) is 82.1 Å². The van der Waals surface area contributed by atoms with Crippen LogP contribution in [0.1, 0.15) is 63.2 Å². The largest absolute Gasteiger partial charge is 0.462 e. The van der Waals surface area contributed by atoms with E-state index < -0.39 is 87.9 Å². The summed E-state index contributed by atoms with van der Waals surface area (Å²) in [5, 5.41) is 29.4. The van der Waals surface area contributed by atoms with Gasteiger partial charge in [0.2, 0.25) is 11.8 Å². The molecule has 1 aliphatic heterocycles. The molecule has 2 amide bonds. The Labute approximate surface area is 304 Å². The van der Waals surface area contributed by atoms with E-state index in [1.165, 1.54) is 6.92 Å². The van der Waals surface area contributed by atoms with E-state index in [1.807, 2.05) is 6.92 Å². The molecular weight excluding hydrogens is 674 g/mol. The molecule has 14 atom stereocenters. The molecule has 5 N–H and O–H groups in total. The number of hydrogen-bond donors (Lipinski definition) is 4. The predicted octanol–water partition coefficient (Wildman–Crippen LogP) is 1.50. The molecule has 5 aliphatic carbocycles. The van der Waals surface area contributed by atoms with Crippen LogP contribution in [0.3, 0.4) is 0 Å². The molecular formula is C38H53N3O11. The zero-order valence-corrected chi connectivity index (χ0v) is 30.8. The van der Waals surface area contributed by atoms with Gasteiger partial charge < -0.3 is 44.9 Å². The minimum atomic E-state index is -1.82. The first kappa shape index (κ1) is 37.2. The van der Waals surface area contributed by atoms with Gasteiger partial charge in [-0.1, -0.05) is 26.0 Å². The average molecular weight is 728 g/mol. The first-order chi connectivity index (χ1) is 24.7. The zero-order valence-electron chi connectivity index (χ0n) is 30.8. The summed E-state index contributed by atoms with van der Waals surface area (Å²) in [5.74, 6) is -4.27. The molecule has 7 rings (SSSR count). The molecule has 1 heterocycles. The first-order valence-corrected chi connectivity index (χ1v) is 18.5. The van der Waals surface area contributed by atoms with Gasteiger partial charge in [-0.2, -0.15) is 0 Å². The van der Waals surface area contributed by atoms with Gasteiger partial charge >= 0.3 is 11.9 Å². The quantitative estimate of drug-likeness (QED) is 0.227. The highest BCUT2D eigenvalue weighted by atomic mass is 16.6. The monoisotopic (exact) mass is 727 g/mol. The number of hydrogen-bond acceptors (Lipinski definition) is 12. The van der Waals surface area contributed by atoms with Crippen LogP contribution in [0.15, 0.2) is 24.3 Å². The lowest BCUT2D eigenvalue weighted by Crippen LogP contribution is -2.82. The minimum absolute atomic E-state index is 0.0118. The van der Waals surface area contributed by atoms with Gasteiger partial charge in [-0.05, 0) is 43.9 Å². The van der Waals surface area contributed by atoms with Gasteiger partial charge in [0.05, 0.1) is 42.2 Å². The topological polar surface area (TPSA) is 196 Å². The summed E-state index contributed by atoms with van der Waals surface area (Å²) in [6.07, 6.45) is -0.525. The van der Waals surface area contributed by atoms with Crippen molar-refractivity contribution in [2.45, 2.75) is 94.5 Å². The minimum Gasteiger partial charge on any atom is -0.462 e. The van der Waals surface area contributed by atoms with Gasteiger partial charge in [-0.3, -0.25) is 19.3 Å². The Kier molecular flexibility index (Phi) is 9.31. The number of anilines is 1. The zero-order chi connectivity index (χ0) is 37.5. The van der Waals surface area contributed by atoms with Crippen LogP contribution in [-0.4, -0.2) is 122 Å². The Balaban J connectivity index is 1.29. The highest BCUT2D eigenvalue weighted by Crippen LogP contribution is 2.80. The van der Waals surface area contributed by atoms with E-state index in [0.717, 1.165) is 0 Å². The summed E-state index contributed by atoms with van der Waals surface area (Å²) < 4.78 is 31.1. The molecule has 1 aromatic carbocycles. The van der Waals surface area contributed by atoms with Crippen LogP contribution in [0.5, 0.6) is 0 Å². The number of nitrogens with two attached hydrogens (primary N) is 1. The maximum Gasteiger partial charge on any atom is 0.340 e.